The van der Waals surface area contributed by atoms with E-state index in [0.29, 0.717) is 11.1 Å². The van der Waals surface area contributed by atoms with Gasteiger partial charge < -0.3 is 0 Å². The van der Waals surface area contributed by atoms with Crippen molar-refractivity contribution in [1.82, 2.24) is 4.98 Å². The summed E-state index contributed by atoms with van der Waals surface area (Å²) in [5.74, 6) is -0.566. The SMILES string of the molecule is N#CCS(=O)(=O)Nc1cccc2ccncc12. The minimum absolute atomic E-state index is 0.436. The van der Waals surface area contributed by atoms with E-state index in [1.807, 2.05) is 6.07 Å². The average Bonchev–Trinajstić information content (AvgIpc) is 2.29. The molecule has 6 heteroatoms. The number of aromatic nitrogens is 1. The zero-order valence-corrected chi connectivity index (χ0v) is 9.61. The third kappa shape index (κ3) is 2.52. The van der Waals surface area contributed by atoms with Gasteiger partial charge in [0, 0.05) is 17.8 Å². The van der Waals surface area contributed by atoms with Crippen LogP contribution in [0.3, 0.4) is 0 Å². The second-order valence-corrected chi connectivity index (χ2v) is 5.14. The van der Waals surface area contributed by atoms with E-state index in [1.165, 1.54) is 0 Å². The summed E-state index contributed by atoms with van der Waals surface area (Å²) in [6, 6.07) is 8.64. The van der Waals surface area contributed by atoms with E-state index in [9.17, 15) is 8.42 Å². The molecule has 2 aromatic rings. The molecule has 1 aromatic heterocycles. The number of nitriles is 1. The number of nitrogens with one attached hydrogen (secondary N) is 1. The number of sulfonamides is 1. The molecule has 0 fully saturated rings. The molecule has 1 aromatic carbocycles. The highest BCUT2D eigenvalue weighted by Crippen LogP contribution is 2.22. The first-order valence-electron chi connectivity index (χ1n) is 4.82. The Bertz CT molecular complexity index is 684. The molecule has 0 radical (unpaired) electrons. The molecule has 0 aliphatic carbocycles. The van der Waals surface area contributed by atoms with Crippen LogP contribution in [0.2, 0.25) is 0 Å². The van der Waals surface area contributed by atoms with E-state index in [4.69, 9.17) is 5.26 Å². The molecular weight excluding hydrogens is 238 g/mol. The number of nitrogens with zero attached hydrogens (tertiary/aromatic N) is 2. The van der Waals surface area contributed by atoms with Crippen molar-refractivity contribution in [3.8, 4) is 6.07 Å². The summed E-state index contributed by atoms with van der Waals surface area (Å²) >= 11 is 0. The molecule has 5 nitrogen and oxygen atoms in total. The fourth-order valence-corrected chi connectivity index (χ4v) is 2.25. The number of pyridine rings is 1. The third-order valence-corrected chi connectivity index (χ3v) is 3.24. The summed E-state index contributed by atoms with van der Waals surface area (Å²) in [4.78, 5) is 3.95. The molecule has 0 aliphatic rings. The van der Waals surface area contributed by atoms with Gasteiger partial charge in [0.2, 0.25) is 10.0 Å². The molecule has 0 saturated carbocycles. The molecule has 0 amide bonds. The summed E-state index contributed by atoms with van der Waals surface area (Å²) in [6.45, 7) is 0. The van der Waals surface area contributed by atoms with Gasteiger partial charge in [0.1, 0.15) is 0 Å². The van der Waals surface area contributed by atoms with Gasteiger partial charge in [0.15, 0.2) is 5.75 Å². The first-order chi connectivity index (χ1) is 8.12. The number of rotatable bonds is 3. The number of benzene rings is 1. The van der Waals surface area contributed by atoms with Crippen LogP contribution in [-0.4, -0.2) is 19.2 Å². The van der Waals surface area contributed by atoms with Gasteiger partial charge in [-0.2, -0.15) is 5.26 Å². The van der Waals surface area contributed by atoms with Crippen molar-refractivity contribution in [3.63, 3.8) is 0 Å². The fourth-order valence-electron chi connectivity index (χ4n) is 1.49. The van der Waals surface area contributed by atoms with Crippen LogP contribution < -0.4 is 4.72 Å². The lowest BCUT2D eigenvalue weighted by atomic mass is 10.1. The van der Waals surface area contributed by atoms with Crippen molar-refractivity contribution in [2.75, 3.05) is 10.5 Å². The molecular formula is C11H9N3O2S. The maximum Gasteiger partial charge on any atom is 0.246 e. The first-order valence-corrected chi connectivity index (χ1v) is 6.48. The van der Waals surface area contributed by atoms with Gasteiger partial charge in [-0.1, -0.05) is 12.1 Å². The summed E-state index contributed by atoms with van der Waals surface area (Å²) in [7, 11) is -3.62. The van der Waals surface area contributed by atoms with Gasteiger partial charge in [0.05, 0.1) is 11.8 Å². The maximum atomic E-state index is 11.5. The molecule has 0 unspecified atom stereocenters. The summed E-state index contributed by atoms with van der Waals surface area (Å²) in [5, 5.41) is 10.0. The largest absolute Gasteiger partial charge is 0.282 e. The Balaban J connectivity index is 2.47. The van der Waals surface area contributed by atoms with Crippen molar-refractivity contribution >= 4 is 26.5 Å². The molecule has 0 spiro atoms. The molecule has 0 bridgehead atoms. The molecule has 17 heavy (non-hydrogen) atoms. The molecule has 1 N–H and O–H groups in total. The Morgan fingerprint density at radius 3 is 2.94 bits per heavy atom. The quantitative estimate of drug-likeness (QED) is 0.890. The maximum absolute atomic E-state index is 11.5. The Labute approximate surface area is 98.8 Å². The second-order valence-electron chi connectivity index (χ2n) is 3.42. The Morgan fingerprint density at radius 2 is 2.18 bits per heavy atom. The summed E-state index contributed by atoms with van der Waals surface area (Å²) in [6.07, 6.45) is 3.22. The lowest BCUT2D eigenvalue weighted by Gasteiger charge is -2.07. The zero-order chi connectivity index (χ0) is 12.3. The van der Waals surface area contributed by atoms with Crippen LogP contribution in [0, 0.1) is 11.3 Å². The molecule has 86 valence electrons. The van der Waals surface area contributed by atoms with Gasteiger partial charge in [-0.25, -0.2) is 8.42 Å². The van der Waals surface area contributed by atoms with Crippen LogP contribution in [0.1, 0.15) is 0 Å². The van der Waals surface area contributed by atoms with Gasteiger partial charge in [-0.05, 0) is 17.5 Å². The minimum atomic E-state index is -3.62. The fraction of sp³-hybridized carbons (Fsp3) is 0.0909. The highest BCUT2D eigenvalue weighted by atomic mass is 32.2. The van der Waals surface area contributed by atoms with Crippen molar-refractivity contribution in [1.29, 1.82) is 5.26 Å². The minimum Gasteiger partial charge on any atom is -0.282 e. The number of anilines is 1. The number of fused-ring (bicyclic) bond motifs is 1. The third-order valence-electron chi connectivity index (χ3n) is 2.20. The molecule has 0 atom stereocenters. The first kappa shape index (κ1) is 11.4. The van der Waals surface area contributed by atoms with Gasteiger partial charge in [-0.15, -0.1) is 0 Å². The monoisotopic (exact) mass is 247 g/mol. The highest BCUT2D eigenvalue weighted by Gasteiger charge is 2.11. The lowest BCUT2D eigenvalue weighted by molar-refractivity contribution is 0.604. The van der Waals surface area contributed by atoms with Gasteiger partial charge in [0.25, 0.3) is 0 Å². The lowest BCUT2D eigenvalue weighted by Crippen LogP contribution is -2.15. The van der Waals surface area contributed by atoms with Crippen LogP contribution in [0.25, 0.3) is 10.8 Å². The summed E-state index contributed by atoms with van der Waals surface area (Å²) in [5.41, 5.74) is 0.436. The van der Waals surface area contributed by atoms with E-state index in [-0.39, 0.29) is 0 Å². The molecule has 0 saturated heterocycles. The Kier molecular flexibility index (Phi) is 2.93. The number of hydrogen-bond acceptors (Lipinski definition) is 4. The van der Waals surface area contributed by atoms with Crippen LogP contribution in [-0.2, 0) is 10.0 Å². The standard InChI is InChI=1S/C11H9N3O2S/c12-5-7-17(15,16)14-11-3-1-2-9-4-6-13-8-10(9)11/h1-4,6,8,14H,7H2. The molecule has 0 aliphatic heterocycles. The van der Waals surface area contributed by atoms with Crippen LogP contribution in [0.15, 0.2) is 36.7 Å². The van der Waals surface area contributed by atoms with Gasteiger partial charge >= 0.3 is 0 Å². The van der Waals surface area contributed by atoms with Gasteiger partial charge in [-0.3, -0.25) is 9.71 Å². The second kappa shape index (κ2) is 4.39. The Hall–Kier alpha value is -2.13. The van der Waals surface area contributed by atoms with E-state index in [0.717, 1.165) is 5.39 Å². The predicted molar refractivity (Wildman–Crippen MR) is 64.8 cm³/mol. The Morgan fingerprint density at radius 1 is 1.35 bits per heavy atom. The van der Waals surface area contributed by atoms with E-state index in [2.05, 4.69) is 9.71 Å². The van der Waals surface area contributed by atoms with E-state index >= 15 is 0 Å². The molecule has 2 rings (SSSR count). The van der Waals surface area contributed by atoms with E-state index in [1.54, 1.807) is 36.7 Å². The normalized spacial score (nSPS) is 11.0. The van der Waals surface area contributed by atoms with Crippen molar-refractivity contribution in [2.24, 2.45) is 0 Å². The average molecular weight is 247 g/mol. The smallest absolute Gasteiger partial charge is 0.246 e. The topological polar surface area (TPSA) is 82.8 Å². The highest BCUT2D eigenvalue weighted by molar-refractivity contribution is 7.92. The van der Waals surface area contributed by atoms with Crippen molar-refractivity contribution in [2.45, 2.75) is 0 Å². The van der Waals surface area contributed by atoms with Crippen molar-refractivity contribution in [3.05, 3.63) is 36.7 Å². The molecule has 1 heterocycles. The van der Waals surface area contributed by atoms with Crippen LogP contribution in [0.5, 0.6) is 0 Å². The zero-order valence-electron chi connectivity index (χ0n) is 8.79. The predicted octanol–water partition coefficient (Wildman–Crippen LogP) is 1.50. The van der Waals surface area contributed by atoms with Crippen molar-refractivity contribution < 1.29 is 8.42 Å². The van der Waals surface area contributed by atoms with Crippen LogP contribution >= 0.6 is 0 Å². The number of hydrogen-bond donors (Lipinski definition) is 1. The summed E-state index contributed by atoms with van der Waals surface area (Å²) < 4.78 is 25.4. The van der Waals surface area contributed by atoms with Crippen LogP contribution in [0.4, 0.5) is 5.69 Å². The van der Waals surface area contributed by atoms with E-state index < -0.39 is 15.8 Å².